The molecular formula is C34H42F6N2O9S42. The highest BCUT2D eigenvalue weighted by Gasteiger charge is 2.37. The Kier molecular flexibility index (Phi) is 66.1. The number of alkyl halides is 4. The van der Waals surface area contributed by atoms with Gasteiger partial charge in [-0.15, -0.1) is 22.7 Å². The Morgan fingerprint density at radius 2 is 0.731 bits per heavy atom. The molecule has 2 heterocycles. The van der Waals surface area contributed by atoms with E-state index in [1.807, 2.05) is 19.3 Å². The fourth-order valence-corrected chi connectivity index (χ4v) is 94.8. The Labute approximate surface area is 661 Å². The normalized spacial score (nSPS) is 9.78. The lowest BCUT2D eigenvalue weighted by Gasteiger charge is -2.20. The van der Waals surface area contributed by atoms with E-state index in [1.165, 1.54) is 76.1 Å². The summed E-state index contributed by atoms with van der Waals surface area (Å²) in [4.78, 5) is 21.4. The van der Waals surface area contributed by atoms with Crippen LogP contribution in [0.5, 0.6) is 23.0 Å². The van der Waals surface area contributed by atoms with Crippen LogP contribution < -0.4 is 24.4 Å². The highest BCUT2D eigenvalue weighted by atomic mass is 33.5. The lowest BCUT2D eigenvalue weighted by atomic mass is 10.1. The van der Waals surface area contributed by atoms with Crippen LogP contribution in [0.3, 0.4) is 0 Å². The van der Waals surface area contributed by atoms with Gasteiger partial charge in [0.05, 0.1) is 50.7 Å². The number of ether oxygens (including phenoxy) is 4. The first-order valence-electron chi connectivity index (χ1n) is 22.1. The van der Waals surface area contributed by atoms with E-state index < -0.39 is 72.0 Å². The van der Waals surface area contributed by atoms with Crippen molar-refractivity contribution >= 4 is 419 Å². The molecule has 0 aliphatic heterocycles. The standard InChI is InChI=1S/C17H20F3NO4S.C14H13F3O4S.C3H9NO.S21.S19/c1-9(2)21(23)14(22)5-6-17(19,20)13-7-10-12(26-13)8-11(24-3)16(25-4)15(10)18;1-20-8-6-9-7(12(15)13(8)21-2)5-10(22-9)14(16,17)4-3-11(18)19;1-3(2)4-5;1-3-5-7-9-11-13-15-17-19-21-20-18-16-14-12-10-8-6-4-2;1-3-5-7-9-11-13-15-17-19-18-16-14-12-10-8-6-4-2/h7-9,23H,5-6H2,1-4H3;5-6H,3-4H2,1-2H3,(H,18,19);3-5H,1-2H3;;. The van der Waals surface area contributed by atoms with Gasteiger partial charge in [0.2, 0.25) is 5.91 Å². The van der Waals surface area contributed by atoms with Crippen LogP contribution >= 0.6 is 22.7 Å². The molecular weight excluding hydrogens is 2040 g/mol. The number of benzene rings is 2. The number of hydrogen-bond donors (Lipinski definition) is 4. The van der Waals surface area contributed by atoms with Crippen molar-refractivity contribution in [2.75, 3.05) is 28.4 Å². The molecule has 0 saturated heterocycles. The minimum Gasteiger partial charge on any atom is -0.493 e. The molecule has 4 aromatic rings. The monoisotopic (exact) mass is 2080 g/mol. The zero-order chi connectivity index (χ0) is 69.9. The predicted molar refractivity (Wildman–Crippen MR) is 482 cm³/mol. The summed E-state index contributed by atoms with van der Waals surface area (Å²) in [5, 5.41) is 26.3. The number of nitrogens with zero attached hydrogens (tertiary/aromatic N) is 1. The second kappa shape index (κ2) is 62.9. The number of carboxylic acid groups (broad SMARTS) is 1. The fraction of sp³-hybridized carbons (Fsp3) is 0.471. The number of amides is 1. The molecule has 0 aliphatic rings. The average molecular weight is 2080 g/mol. The molecule has 2 aromatic heterocycles. The van der Waals surface area contributed by atoms with E-state index in [2.05, 4.69) is 0 Å². The van der Waals surface area contributed by atoms with Crippen molar-refractivity contribution in [3.05, 3.63) is 45.7 Å². The number of carbonyl (C=O) groups excluding carboxylic acids is 1. The molecule has 2 aromatic carbocycles. The molecule has 0 unspecified atom stereocenters. The van der Waals surface area contributed by atoms with E-state index in [9.17, 15) is 41.1 Å². The van der Waals surface area contributed by atoms with Gasteiger partial charge in [-0.25, -0.2) is 36.9 Å². The Morgan fingerprint density at radius 1 is 0.484 bits per heavy atom. The van der Waals surface area contributed by atoms with Gasteiger partial charge < -0.3 is 29.3 Å². The van der Waals surface area contributed by atoms with Crippen LogP contribution in [0.4, 0.5) is 26.3 Å². The molecule has 1 amide bonds. The summed E-state index contributed by atoms with van der Waals surface area (Å²) >= 11 is 20.4. The smallest absolute Gasteiger partial charge is 0.303 e. The van der Waals surface area contributed by atoms with Gasteiger partial charge in [0.1, 0.15) is 0 Å². The molecule has 11 nitrogen and oxygen atoms in total. The third-order valence-corrected chi connectivity index (χ3v) is 86.1. The first-order valence-corrected chi connectivity index (χ1v) is 74.4. The van der Waals surface area contributed by atoms with Crippen LogP contribution in [0.25, 0.3) is 20.2 Å². The van der Waals surface area contributed by atoms with E-state index in [0.29, 0.717) is 16.4 Å². The second-order valence-electron chi connectivity index (χ2n) is 14.3. The number of aliphatic carboxylic acids is 1. The average Bonchev–Trinajstić information content (AvgIpc) is 1.66. The van der Waals surface area contributed by atoms with Gasteiger partial charge in [-0.1, -0.05) is 0 Å². The van der Waals surface area contributed by atoms with Gasteiger partial charge in [-0.2, -0.15) is 0 Å². The van der Waals surface area contributed by atoms with Crippen LogP contribution in [0.2, 0.25) is 0 Å². The van der Waals surface area contributed by atoms with Gasteiger partial charge in [-0.3, -0.25) is 14.8 Å². The first kappa shape index (κ1) is 97.8. The summed E-state index contributed by atoms with van der Waals surface area (Å²) in [6.07, 6.45) is -2.84. The van der Waals surface area contributed by atoms with Gasteiger partial charge >= 0.3 is 5.97 Å². The van der Waals surface area contributed by atoms with Crippen molar-refractivity contribution < 1.29 is 70.4 Å². The van der Waals surface area contributed by atoms with E-state index in [0.717, 1.165) is 23.5 Å². The Bertz CT molecular complexity index is 4820. The molecule has 4 N–H and O–H groups in total. The van der Waals surface area contributed by atoms with Gasteiger partial charge in [-0.05, 0) is 39.8 Å². The minimum absolute atomic E-state index is 0.000355. The second-order valence-corrected chi connectivity index (χ2v) is 80.1. The Hall–Kier alpha value is 4.76. The van der Waals surface area contributed by atoms with Gasteiger partial charge in [0, 0.05) is 422 Å². The van der Waals surface area contributed by atoms with Crippen LogP contribution in [0, 0.1) is 11.6 Å². The highest BCUT2D eigenvalue weighted by Crippen LogP contribution is 2.46. The molecule has 0 atom stereocenters. The van der Waals surface area contributed by atoms with Crippen molar-refractivity contribution in [2.24, 2.45) is 0 Å². The Morgan fingerprint density at radius 3 is 0.935 bits per heavy atom. The quantitative estimate of drug-likeness (QED) is 0.0542. The topological polar surface area (TPSA) is 147 Å². The molecule has 4 rings (SSSR count). The van der Waals surface area contributed by atoms with Crippen molar-refractivity contribution in [3.8, 4) is 23.0 Å². The largest absolute Gasteiger partial charge is 0.493 e. The number of hydroxylamine groups is 3. The number of nitrogens with one attached hydrogen (secondary N) is 1. The zero-order valence-corrected chi connectivity index (χ0v) is 80.7. The molecule has 0 radical (unpaired) electrons. The van der Waals surface area contributed by atoms with Crippen molar-refractivity contribution in [3.63, 3.8) is 0 Å². The third-order valence-electron chi connectivity index (χ3n) is 8.19. The first-order chi connectivity index (χ1) is 44.5. The molecule has 59 heteroatoms. The maximum atomic E-state index is 14.5. The summed E-state index contributed by atoms with van der Waals surface area (Å²) in [6, 6.07) is 4.61. The fourth-order valence-electron chi connectivity index (χ4n) is 4.78. The molecule has 0 bridgehead atoms. The summed E-state index contributed by atoms with van der Waals surface area (Å²) < 4.78 is 106. The summed E-state index contributed by atoms with van der Waals surface area (Å²) in [6.45, 7) is 6.84. The number of rotatable bonds is 14. The minimum atomic E-state index is -3.34. The zero-order valence-electron chi connectivity index (χ0n) is 46.4. The number of carboxylic acids is 1. The lowest BCUT2D eigenvalue weighted by molar-refractivity contribution is -0.174. The van der Waals surface area contributed by atoms with Crippen LogP contribution in [0.15, 0.2) is 24.3 Å². The molecule has 0 saturated carbocycles. The van der Waals surface area contributed by atoms with E-state index in [4.69, 9.17) is 74.0 Å². The maximum Gasteiger partial charge on any atom is 0.303 e. The van der Waals surface area contributed by atoms with Gasteiger partial charge in [0.25, 0.3) is 11.8 Å². The molecule has 0 aliphatic carbocycles. The van der Waals surface area contributed by atoms with Crippen molar-refractivity contribution in [1.82, 2.24) is 10.5 Å². The van der Waals surface area contributed by atoms with Crippen LogP contribution in [0.1, 0.15) is 63.1 Å². The van der Waals surface area contributed by atoms with Gasteiger partial charge in [0.15, 0.2) is 34.6 Å². The number of carbonyl (C=O) groups is 2. The lowest BCUT2D eigenvalue weighted by Crippen LogP contribution is -2.34. The van der Waals surface area contributed by atoms with E-state index in [1.54, 1.807) is 298 Å². The summed E-state index contributed by atoms with van der Waals surface area (Å²) in [5.41, 5.74) is 2.03. The van der Waals surface area contributed by atoms with Crippen LogP contribution in [-0.2, 0) is 386 Å². The Balaban J connectivity index is 0.00000119. The van der Waals surface area contributed by atoms with Crippen molar-refractivity contribution in [1.29, 1.82) is 0 Å². The number of fused-ring (bicyclic) bond motifs is 2. The maximum absolute atomic E-state index is 14.5. The van der Waals surface area contributed by atoms with E-state index in [-0.39, 0.29) is 54.1 Å². The third kappa shape index (κ3) is 46.5. The van der Waals surface area contributed by atoms with Crippen LogP contribution in [-0.4, -0.2) is 73.0 Å². The number of methoxy groups -OCH3 is 4. The summed E-state index contributed by atoms with van der Waals surface area (Å²) in [7, 11) is 66.8. The number of hydrogen-bond acceptors (Lipinski definition) is 15. The predicted octanol–water partition coefficient (Wildman–Crippen LogP) is 8.85. The molecule has 93 heavy (non-hydrogen) atoms. The molecule has 0 spiro atoms. The number of thiophene rings is 2. The summed E-state index contributed by atoms with van der Waals surface area (Å²) in [5.74, 6) is -10.5. The highest BCUT2D eigenvalue weighted by molar-refractivity contribution is 8.80. The molecule has 0 fully saturated rings. The van der Waals surface area contributed by atoms with E-state index >= 15 is 0 Å². The SMILES string of the molecule is CC(C)NO.COc1cc2sc(C(F)(F)CCC(=O)N(O)C(C)C)cc2c(F)c1OC.COc1cc2sc(C(F)(F)CCC(=O)O)cc2c(F)c1OC.S=S=S=S=S=S=S=S=S=S=S=S=S=S=S=S=S=S=S.S=S=S=S=S=S=S=S=S=S=S=S=S=S=S=S=S=S=S=S=S. The number of halogens is 6. The molecule has 536 valence electrons. The van der Waals surface area contributed by atoms with Crippen molar-refractivity contribution in [2.45, 2.75) is 77.3 Å².